The van der Waals surface area contributed by atoms with E-state index < -0.39 is 6.36 Å². The number of ether oxygens (including phenoxy) is 1. The largest absolute Gasteiger partial charge is 0.573 e. The molecular weight excluding hydrogens is 219 g/mol. The average molecular weight is 231 g/mol. The number of rotatable bonds is 2. The first kappa shape index (κ1) is 11.3. The van der Waals surface area contributed by atoms with Crippen molar-refractivity contribution in [1.82, 2.24) is 5.32 Å². The van der Waals surface area contributed by atoms with Gasteiger partial charge in [0.15, 0.2) is 0 Å². The van der Waals surface area contributed by atoms with Crippen molar-refractivity contribution >= 4 is 0 Å². The van der Waals surface area contributed by atoms with Crippen molar-refractivity contribution in [3.63, 3.8) is 0 Å². The number of benzene rings is 1. The Balaban J connectivity index is 2.16. The van der Waals surface area contributed by atoms with Crippen LogP contribution in [0.1, 0.15) is 17.0 Å². The molecule has 1 aromatic carbocycles. The van der Waals surface area contributed by atoms with E-state index >= 15 is 0 Å². The second-order valence-corrected chi connectivity index (χ2v) is 3.93. The van der Waals surface area contributed by atoms with Gasteiger partial charge in [-0.3, -0.25) is 0 Å². The molecule has 1 aliphatic heterocycles. The van der Waals surface area contributed by atoms with Crippen molar-refractivity contribution in [2.45, 2.75) is 19.2 Å². The number of alkyl halides is 3. The molecule has 0 saturated carbocycles. The Kier molecular flexibility index (Phi) is 2.80. The molecule has 5 heteroatoms. The summed E-state index contributed by atoms with van der Waals surface area (Å²) in [6.45, 7) is 3.40. The van der Waals surface area contributed by atoms with Gasteiger partial charge in [0.1, 0.15) is 5.75 Å². The highest BCUT2D eigenvalue weighted by molar-refractivity contribution is 5.38. The molecule has 1 N–H and O–H groups in total. The number of hydrogen-bond acceptors (Lipinski definition) is 2. The maximum absolute atomic E-state index is 12.0. The van der Waals surface area contributed by atoms with Crippen molar-refractivity contribution in [1.29, 1.82) is 0 Å². The van der Waals surface area contributed by atoms with Gasteiger partial charge in [0.05, 0.1) is 0 Å². The van der Waals surface area contributed by atoms with Crippen LogP contribution in [0.3, 0.4) is 0 Å². The quantitative estimate of drug-likeness (QED) is 0.844. The minimum atomic E-state index is -4.62. The van der Waals surface area contributed by atoms with Gasteiger partial charge in [-0.2, -0.15) is 0 Å². The van der Waals surface area contributed by atoms with Crippen LogP contribution in [0.5, 0.6) is 5.75 Å². The molecule has 1 fully saturated rings. The van der Waals surface area contributed by atoms with E-state index in [4.69, 9.17) is 0 Å². The third-order valence-electron chi connectivity index (χ3n) is 2.68. The molecule has 0 radical (unpaired) electrons. The summed E-state index contributed by atoms with van der Waals surface area (Å²) < 4.78 is 40.0. The highest BCUT2D eigenvalue weighted by Crippen LogP contribution is 2.29. The summed E-state index contributed by atoms with van der Waals surface area (Å²) >= 11 is 0. The van der Waals surface area contributed by atoms with Gasteiger partial charge in [0.25, 0.3) is 0 Å². The molecule has 1 saturated heterocycles. The van der Waals surface area contributed by atoms with Gasteiger partial charge in [-0.25, -0.2) is 0 Å². The average Bonchev–Trinajstić information content (AvgIpc) is 2.04. The normalized spacial score (nSPS) is 17.0. The van der Waals surface area contributed by atoms with Gasteiger partial charge >= 0.3 is 6.36 Å². The summed E-state index contributed by atoms with van der Waals surface area (Å²) in [5, 5.41) is 3.12. The fourth-order valence-corrected chi connectivity index (χ4v) is 1.69. The van der Waals surface area contributed by atoms with Crippen LogP contribution in [-0.2, 0) is 0 Å². The lowest BCUT2D eigenvalue weighted by Crippen LogP contribution is -2.39. The minimum absolute atomic E-state index is 0.122. The van der Waals surface area contributed by atoms with E-state index in [1.807, 2.05) is 0 Å². The molecule has 0 spiro atoms. The molecule has 2 rings (SSSR count). The first-order valence-corrected chi connectivity index (χ1v) is 5.03. The number of halogens is 3. The lowest BCUT2D eigenvalue weighted by atomic mass is 9.92. The Bertz CT molecular complexity index is 385. The minimum Gasteiger partial charge on any atom is -0.406 e. The SMILES string of the molecule is Cc1cc(C2CNC2)ccc1OC(F)(F)F. The predicted molar refractivity (Wildman–Crippen MR) is 53.5 cm³/mol. The Hall–Kier alpha value is -1.23. The van der Waals surface area contributed by atoms with E-state index in [0.29, 0.717) is 11.5 Å². The molecule has 1 aromatic rings. The van der Waals surface area contributed by atoms with E-state index in [1.54, 1.807) is 19.1 Å². The van der Waals surface area contributed by atoms with E-state index in [1.165, 1.54) is 6.07 Å². The Morgan fingerprint density at radius 1 is 1.31 bits per heavy atom. The van der Waals surface area contributed by atoms with E-state index in [0.717, 1.165) is 18.7 Å². The van der Waals surface area contributed by atoms with Crippen molar-refractivity contribution in [3.8, 4) is 5.75 Å². The summed E-state index contributed by atoms with van der Waals surface area (Å²) in [5.74, 6) is 0.294. The maximum Gasteiger partial charge on any atom is 0.573 e. The molecule has 0 bridgehead atoms. The Morgan fingerprint density at radius 3 is 2.44 bits per heavy atom. The second kappa shape index (κ2) is 3.97. The Labute approximate surface area is 91.4 Å². The first-order chi connectivity index (χ1) is 7.46. The van der Waals surface area contributed by atoms with Crippen molar-refractivity contribution in [2.24, 2.45) is 0 Å². The van der Waals surface area contributed by atoms with Gasteiger partial charge < -0.3 is 10.1 Å². The highest BCUT2D eigenvalue weighted by atomic mass is 19.4. The van der Waals surface area contributed by atoms with E-state index in [9.17, 15) is 13.2 Å². The molecule has 0 atom stereocenters. The van der Waals surface area contributed by atoms with Gasteiger partial charge in [0, 0.05) is 19.0 Å². The number of aryl methyl sites for hydroxylation is 1. The topological polar surface area (TPSA) is 21.3 Å². The molecule has 1 aliphatic rings. The summed E-state index contributed by atoms with van der Waals surface area (Å²) in [6, 6.07) is 4.84. The fraction of sp³-hybridized carbons (Fsp3) is 0.455. The molecule has 0 aliphatic carbocycles. The molecule has 0 amide bonds. The van der Waals surface area contributed by atoms with Crippen molar-refractivity contribution in [2.75, 3.05) is 13.1 Å². The zero-order chi connectivity index (χ0) is 11.8. The maximum atomic E-state index is 12.0. The summed E-state index contributed by atoms with van der Waals surface area (Å²) in [7, 11) is 0. The molecule has 88 valence electrons. The lowest BCUT2D eigenvalue weighted by Gasteiger charge is -2.28. The molecule has 0 unspecified atom stereocenters. The number of nitrogens with one attached hydrogen (secondary N) is 1. The van der Waals surface area contributed by atoms with E-state index in [-0.39, 0.29) is 5.75 Å². The predicted octanol–water partition coefficient (Wildman–Crippen LogP) is 2.58. The first-order valence-electron chi connectivity index (χ1n) is 5.03. The van der Waals surface area contributed by atoms with Gasteiger partial charge in [-0.15, -0.1) is 13.2 Å². The van der Waals surface area contributed by atoms with Crippen LogP contribution in [-0.4, -0.2) is 19.5 Å². The summed E-state index contributed by atoms with van der Waals surface area (Å²) in [5.41, 5.74) is 1.58. The van der Waals surface area contributed by atoms with Crippen LogP contribution in [0.4, 0.5) is 13.2 Å². The summed E-state index contributed by atoms with van der Waals surface area (Å²) in [4.78, 5) is 0. The molecule has 2 nitrogen and oxygen atoms in total. The third-order valence-corrected chi connectivity index (χ3v) is 2.68. The van der Waals surface area contributed by atoms with Crippen LogP contribution in [0.25, 0.3) is 0 Å². The fourth-order valence-electron chi connectivity index (χ4n) is 1.69. The monoisotopic (exact) mass is 231 g/mol. The van der Waals surface area contributed by atoms with Crippen molar-refractivity contribution < 1.29 is 17.9 Å². The van der Waals surface area contributed by atoms with Crippen LogP contribution in [0, 0.1) is 6.92 Å². The Morgan fingerprint density at radius 2 is 2.00 bits per heavy atom. The molecular formula is C11H12F3NO. The highest BCUT2D eigenvalue weighted by Gasteiger charge is 2.32. The van der Waals surface area contributed by atoms with Gasteiger partial charge in [-0.05, 0) is 24.1 Å². The lowest BCUT2D eigenvalue weighted by molar-refractivity contribution is -0.274. The van der Waals surface area contributed by atoms with Gasteiger partial charge in [-0.1, -0.05) is 12.1 Å². The zero-order valence-corrected chi connectivity index (χ0v) is 8.77. The van der Waals surface area contributed by atoms with Crippen LogP contribution in [0.2, 0.25) is 0 Å². The molecule has 0 aromatic heterocycles. The zero-order valence-electron chi connectivity index (χ0n) is 8.77. The standard InChI is InChI=1S/C11H12F3NO/c1-7-4-8(9-5-15-6-9)2-3-10(7)16-11(12,13)14/h2-4,9,15H,5-6H2,1H3. The molecule has 1 heterocycles. The number of hydrogen-bond donors (Lipinski definition) is 1. The van der Waals surface area contributed by atoms with Crippen LogP contribution >= 0.6 is 0 Å². The third kappa shape index (κ3) is 2.47. The summed E-state index contributed by atoms with van der Waals surface area (Å²) in [6.07, 6.45) is -4.62. The molecule has 16 heavy (non-hydrogen) atoms. The smallest absolute Gasteiger partial charge is 0.406 e. The van der Waals surface area contributed by atoms with Crippen LogP contribution in [0.15, 0.2) is 18.2 Å². The van der Waals surface area contributed by atoms with Crippen molar-refractivity contribution in [3.05, 3.63) is 29.3 Å². The second-order valence-electron chi connectivity index (χ2n) is 3.93. The van der Waals surface area contributed by atoms with Gasteiger partial charge in [0.2, 0.25) is 0 Å². The van der Waals surface area contributed by atoms with E-state index in [2.05, 4.69) is 10.1 Å². The van der Waals surface area contributed by atoms with Crippen LogP contribution < -0.4 is 10.1 Å².